The van der Waals surface area contributed by atoms with Crippen LogP contribution in [0.25, 0.3) is 22.2 Å². The van der Waals surface area contributed by atoms with Crippen molar-refractivity contribution in [2.45, 2.75) is 33.0 Å². The first-order valence-electron chi connectivity index (χ1n) is 9.95. The number of morpholine rings is 1. The number of fused-ring (bicyclic) bond motifs is 1. The minimum absolute atomic E-state index is 0.0265. The maximum absolute atomic E-state index is 13.5. The third-order valence-corrected chi connectivity index (χ3v) is 5.29. The SMILES string of the molecule is COc1ccc(-c2cc(C(=O)N3C[C@@H](C)O[C@@H](C)C3)c3cc(C)ccc3n2)cc1. The number of hydrogen-bond donors (Lipinski definition) is 0. The standard InChI is InChI=1S/C24H26N2O3/c1-15-5-10-22-20(11-15)21(24(27)26-13-16(2)29-17(3)14-26)12-23(25-22)18-6-8-19(28-4)9-7-18/h5-12,16-17H,13-14H2,1-4H3/t16-,17+. The maximum atomic E-state index is 13.5. The average Bonchev–Trinajstić information content (AvgIpc) is 2.72. The van der Waals surface area contributed by atoms with E-state index in [2.05, 4.69) is 0 Å². The third-order valence-electron chi connectivity index (χ3n) is 5.29. The van der Waals surface area contributed by atoms with Gasteiger partial charge in [-0.05, 0) is 63.2 Å². The molecule has 5 heteroatoms. The van der Waals surface area contributed by atoms with Crippen molar-refractivity contribution in [1.29, 1.82) is 0 Å². The summed E-state index contributed by atoms with van der Waals surface area (Å²) in [6.45, 7) is 7.23. The normalized spacial score (nSPS) is 19.4. The molecule has 0 unspecified atom stereocenters. The molecular weight excluding hydrogens is 364 g/mol. The lowest BCUT2D eigenvalue weighted by atomic mass is 10.0. The van der Waals surface area contributed by atoms with Crippen molar-refractivity contribution in [1.82, 2.24) is 9.88 Å². The summed E-state index contributed by atoms with van der Waals surface area (Å²) in [6, 6.07) is 15.7. The van der Waals surface area contributed by atoms with Crippen molar-refractivity contribution in [2.24, 2.45) is 0 Å². The lowest BCUT2D eigenvalue weighted by molar-refractivity contribution is -0.0585. The molecule has 1 fully saturated rings. The molecule has 0 aliphatic carbocycles. The number of aromatic nitrogens is 1. The molecule has 3 aromatic rings. The fourth-order valence-electron chi connectivity index (χ4n) is 3.94. The second-order valence-electron chi connectivity index (χ2n) is 7.77. The van der Waals surface area contributed by atoms with Gasteiger partial charge in [-0.2, -0.15) is 0 Å². The second-order valence-corrected chi connectivity index (χ2v) is 7.77. The highest BCUT2D eigenvalue weighted by Crippen LogP contribution is 2.28. The molecule has 0 spiro atoms. The molecule has 1 saturated heterocycles. The van der Waals surface area contributed by atoms with E-state index in [9.17, 15) is 4.79 Å². The van der Waals surface area contributed by atoms with E-state index in [4.69, 9.17) is 14.5 Å². The fraction of sp³-hybridized carbons (Fsp3) is 0.333. The highest BCUT2D eigenvalue weighted by Gasteiger charge is 2.28. The van der Waals surface area contributed by atoms with E-state index < -0.39 is 0 Å². The summed E-state index contributed by atoms with van der Waals surface area (Å²) in [5, 5.41) is 0.888. The van der Waals surface area contributed by atoms with Gasteiger partial charge >= 0.3 is 0 Å². The molecule has 150 valence electrons. The summed E-state index contributed by atoms with van der Waals surface area (Å²) in [6.07, 6.45) is 0.0530. The Morgan fingerprint density at radius 2 is 1.76 bits per heavy atom. The minimum atomic E-state index is 0.0265. The molecule has 4 rings (SSSR count). The van der Waals surface area contributed by atoms with E-state index in [0.29, 0.717) is 18.7 Å². The fourth-order valence-corrected chi connectivity index (χ4v) is 3.94. The van der Waals surface area contributed by atoms with E-state index in [1.807, 2.05) is 74.2 Å². The summed E-state index contributed by atoms with van der Waals surface area (Å²) in [7, 11) is 1.65. The van der Waals surface area contributed by atoms with E-state index >= 15 is 0 Å². The number of aryl methyl sites for hydroxylation is 1. The van der Waals surface area contributed by atoms with Crippen LogP contribution in [-0.2, 0) is 4.74 Å². The van der Waals surface area contributed by atoms with Crippen LogP contribution in [0.5, 0.6) is 5.75 Å². The van der Waals surface area contributed by atoms with Gasteiger partial charge in [-0.25, -0.2) is 4.98 Å². The van der Waals surface area contributed by atoms with Crippen LogP contribution in [0.4, 0.5) is 0 Å². The van der Waals surface area contributed by atoms with Gasteiger partial charge in [-0.3, -0.25) is 4.79 Å². The zero-order chi connectivity index (χ0) is 20.5. The summed E-state index contributed by atoms with van der Waals surface area (Å²) < 4.78 is 11.1. The van der Waals surface area contributed by atoms with Gasteiger partial charge < -0.3 is 14.4 Å². The molecule has 2 heterocycles. The van der Waals surface area contributed by atoms with Crippen molar-refractivity contribution in [3.63, 3.8) is 0 Å². The van der Waals surface area contributed by atoms with Crippen LogP contribution in [0.2, 0.25) is 0 Å². The molecule has 1 amide bonds. The van der Waals surface area contributed by atoms with Gasteiger partial charge in [0.2, 0.25) is 0 Å². The Morgan fingerprint density at radius 1 is 1.07 bits per heavy atom. The van der Waals surface area contributed by atoms with Crippen LogP contribution < -0.4 is 4.74 Å². The van der Waals surface area contributed by atoms with Crippen molar-refractivity contribution >= 4 is 16.8 Å². The minimum Gasteiger partial charge on any atom is -0.497 e. The molecule has 1 aliphatic rings. The number of ether oxygens (including phenoxy) is 2. The van der Waals surface area contributed by atoms with Crippen LogP contribution in [0, 0.1) is 6.92 Å². The second kappa shape index (κ2) is 7.84. The summed E-state index contributed by atoms with van der Waals surface area (Å²) in [4.78, 5) is 20.2. The van der Waals surface area contributed by atoms with Crippen LogP contribution >= 0.6 is 0 Å². The first-order valence-corrected chi connectivity index (χ1v) is 9.95. The lowest BCUT2D eigenvalue weighted by Crippen LogP contribution is -2.48. The van der Waals surface area contributed by atoms with Gasteiger partial charge in [-0.15, -0.1) is 0 Å². The Balaban J connectivity index is 1.82. The van der Waals surface area contributed by atoms with Gasteiger partial charge in [0.25, 0.3) is 5.91 Å². The molecule has 0 radical (unpaired) electrons. The van der Waals surface area contributed by atoms with Crippen LogP contribution in [0.1, 0.15) is 29.8 Å². The highest BCUT2D eigenvalue weighted by molar-refractivity contribution is 6.07. The Kier molecular flexibility index (Phi) is 5.24. The molecular formula is C24H26N2O3. The first-order chi connectivity index (χ1) is 13.9. The number of carbonyl (C=O) groups is 1. The van der Waals surface area contributed by atoms with Gasteiger partial charge in [0.05, 0.1) is 36.1 Å². The monoisotopic (exact) mass is 390 g/mol. The number of rotatable bonds is 3. The van der Waals surface area contributed by atoms with Gasteiger partial charge in [0, 0.05) is 24.0 Å². The molecule has 1 aromatic heterocycles. The Labute approximate surface area is 171 Å². The Morgan fingerprint density at radius 3 is 2.41 bits per heavy atom. The quantitative estimate of drug-likeness (QED) is 0.662. The predicted octanol–water partition coefficient (Wildman–Crippen LogP) is 4.47. The summed E-state index contributed by atoms with van der Waals surface area (Å²) >= 11 is 0. The molecule has 0 N–H and O–H groups in total. The maximum Gasteiger partial charge on any atom is 0.254 e. The Bertz CT molecular complexity index is 1040. The molecule has 0 saturated carbocycles. The van der Waals surface area contributed by atoms with E-state index in [1.54, 1.807) is 7.11 Å². The Hall–Kier alpha value is -2.92. The zero-order valence-electron chi connectivity index (χ0n) is 17.3. The topological polar surface area (TPSA) is 51.7 Å². The van der Waals surface area contributed by atoms with Crippen molar-refractivity contribution in [3.8, 4) is 17.0 Å². The first kappa shape index (κ1) is 19.4. The molecule has 29 heavy (non-hydrogen) atoms. The van der Waals surface area contributed by atoms with Gasteiger partial charge in [-0.1, -0.05) is 11.6 Å². The molecule has 5 nitrogen and oxygen atoms in total. The third kappa shape index (κ3) is 3.96. The van der Waals surface area contributed by atoms with Crippen LogP contribution in [0.15, 0.2) is 48.5 Å². The van der Waals surface area contributed by atoms with Crippen molar-refractivity contribution in [3.05, 3.63) is 59.7 Å². The summed E-state index contributed by atoms with van der Waals surface area (Å²) in [5.74, 6) is 0.817. The largest absolute Gasteiger partial charge is 0.497 e. The molecule has 2 atom stereocenters. The molecule has 1 aliphatic heterocycles. The molecule has 2 aromatic carbocycles. The van der Waals surface area contributed by atoms with Gasteiger partial charge in [0.15, 0.2) is 0 Å². The van der Waals surface area contributed by atoms with E-state index in [0.717, 1.165) is 33.5 Å². The van der Waals surface area contributed by atoms with Crippen LogP contribution in [0.3, 0.4) is 0 Å². The molecule has 0 bridgehead atoms. The zero-order valence-corrected chi connectivity index (χ0v) is 17.3. The van der Waals surface area contributed by atoms with Gasteiger partial charge in [0.1, 0.15) is 5.75 Å². The number of benzene rings is 2. The number of amides is 1. The number of nitrogens with zero attached hydrogens (tertiary/aromatic N) is 2. The average molecular weight is 390 g/mol. The summed E-state index contributed by atoms with van der Waals surface area (Å²) in [5.41, 5.74) is 4.34. The number of carbonyl (C=O) groups excluding carboxylic acids is 1. The number of pyridine rings is 1. The van der Waals surface area contributed by atoms with Crippen LogP contribution in [-0.4, -0.2) is 48.2 Å². The smallest absolute Gasteiger partial charge is 0.254 e. The predicted molar refractivity (Wildman–Crippen MR) is 114 cm³/mol. The number of hydrogen-bond acceptors (Lipinski definition) is 4. The van der Waals surface area contributed by atoms with E-state index in [1.165, 1.54) is 0 Å². The van der Waals surface area contributed by atoms with E-state index in [-0.39, 0.29) is 18.1 Å². The van der Waals surface area contributed by atoms with Crippen molar-refractivity contribution in [2.75, 3.05) is 20.2 Å². The number of methoxy groups -OCH3 is 1. The highest BCUT2D eigenvalue weighted by atomic mass is 16.5. The lowest BCUT2D eigenvalue weighted by Gasteiger charge is -2.35. The van der Waals surface area contributed by atoms with Crippen molar-refractivity contribution < 1.29 is 14.3 Å².